The van der Waals surface area contributed by atoms with Gasteiger partial charge < -0.3 is 5.11 Å². The highest BCUT2D eigenvalue weighted by Gasteiger charge is 2.22. The highest BCUT2D eigenvalue weighted by Crippen LogP contribution is 2.29. The van der Waals surface area contributed by atoms with E-state index in [1.807, 2.05) is 6.08 Å². The topological polar surface area (TPSA) is 32.6 Å². The number of aliphatic imine (C=N–C) groups is 1. The smallest absolute Gasteiger partial charge is 0.142 e. The lowest BCUT2D eigenvalue weighted by atomic mass is 9.85. The molecule has 2 aliphatic rings. The number of hydrogen-bond acceptors (Lipinski definition) is 2. The third-order valence-corrected chi connectivity index (χ3v) is 3.01. The van der Waals surface area contributed by atoms with E-state index in [2.05, 4.69) is 31.0 Å². The zero-order chi connectivity index (χ0) is 10.1. The molecular weight excluding hydrogens is 174 g/mol. The van der Waals surface area contributed by atoms with E-state index in [1.54, 1.807) is 0 Å². The number of fused-ring (bicyclic) bond motifs is 1. The molecular formula is C12H15NO. The molecule has 0 saturated heterocycles. The standard InChI is InChI=1S/C12H15NO/c1-3-8(2)9-4-5-11-10(6-9)12(14)7-13-11/h4-9,14H,3H2,1-2H3. The van der Waals surface area contributed by atoms with E-state index in [-0.39, 0.29) is 0 Å². The first-order chi connectivity index (χ1) is 6.72. The van der Waals surface area contributed by atoms with Crippen LogP contribution >= 0.6 is 0 Å². The zero-order valence-electron chi connectivity index (χ0n) is 8.57. The van der Waals surface area contributed by atoms with Crippen LogP contribution in [-0.4, -0.2) is 10.8 Å². The molecule has 0 fully saturated rings. The summed E-state index contributed by atoms with van der Waals surface area (Å²) in [7, 11) is 0. The second-order valence-electron chi connectivity index (χ2n) is 3.93. The van der Waals surface area contributed by atoms with Gasteiger partial charge in [0.1, 0.15) is 5.76 Å². The number of hydrogen-bond donors (Lipinski definition) is 1. The predicted molar refractivity (Wildman–Crippen MR) is 58.3 cm³/mol. The minimum absolute atomic E-state index is 0.303. The van der Waals surface area contributed by atoms with Crippen molar-refractivity contribution in [1.82, 2.24) is 0 Å². The molecule has 2 nitrogen and oxygen atoms in total. The maximum Gasteiger partial charge on any atom is 0.142 e. The molecule has 2 unspecified atom stereocenters. The highest BCUT2D eigenvalue weighted by molar-refractivity contribution is 6.13. The van der Waals surface area contributed by atoms with Crippen LogP contribution in [0.15, 0.2) is 40.8 Å². The molecule has 74 valence electrons. The Kier molecular flexibility index (Phi) is 2.28. The van der Waals surface area contributed by atoms with E-state index >= 15 is 0 Å². The lowest BCUT2D eigenvalue weighted by Gasteiger charge is -2.20. The molecule has 0 aromatic rings. The molecule has 1 aliphatic carbocycles. The van der Waals surface area contributed by atoms with Gasteiger partial charge in [0, 0.05) is 5.57 Å². The van der Waals surface area contributed by atoms with Crippen molar-refractivity contribution in [3.8, 4) is 0 Å². The first-order valence-corrected chi connectivity index (χ1v) is 5.10. The van der Waals surface area contributed by atoms with Crippen molar-refractivity contribution in [1.29, 1.82) is 0 Å². The number of allylic oxidation sites excluding steroid dienone is 4. The van der Waals surface area contributed by atoms with Gasteiger partial charge in [0.05, 0.1) is 11.9 Å². The van der Waals surface area contributed by atoms with Gasteiger partial charge in [-0.15, -0.1) is 0 Å². The van der Waals surface area contributed by atoms with Crippen LogP contribution in [-0.2, 0) is 0 Å². The second kappa shape index (κ2) is 3.45. The van der Waals surface area contributed by atoms with Crippen LogP contribution in [0.3, 0.4) is 0 Å². The Balaban J connectivity index is 2.25. The summed E-state index contributed by atoms with van der Waals surface area (Å²) in [5, 5.41) is 9.54. The molecule has 0 amide bonds. The summed E-state index contributed by atoms with van der Waals surface area (Å²) in [6.07, 6.45) is 8.96. The van der Waals surface area contributed by atoms with Gasteiger partial charge in [-0.25, -0.2) is 0 Å². The maximum atomic E-state index is 9.54. The molecule has 1 aliphatic heterocycles. The van der Waals surface area contributed by atoms with Crippen LogP contribution in [0.2, 0.25) is 0 Å². The van der Waals surface area contributed by atoms with Crippen LogP contribution < -0.4 is 0 Å². The van der Waals surface area contributed by atoms with Gasteiger partial charge in [0.2, 0.25) is 0 Å². The summed E-state index contributed by atoms with van der Waals surface area (Å²) >= 11 is 0. The quantitative estimate of drug-likeness (QED) is 0.711. The fraction of sp³-hybridized carbons (Fsp3) is 0.417. The molecule has 0 spiro atoms. The minimum Gasteiger partial charge on any atom is -0.506 e. The first-order valence-electron chi connectivity index (χ1n) is 5.10. The van der Waals surface area contributed by atoms with Crippen molar-refractivity contribution >= 4 is 5.71 Å². The monoisotopic (exact) mass is 189 g/mol. The number of nitrogens with zero attached hydrogens (tertiary/aromatic N) is 1. The Morgan fingerprint density at radius 1 is 1.57 bits per heavy atom. The third kappa shape index (κ3) is 1.41. The summed E-state index contributed by atoms with van der Waals surface area (Å²) in [4.78, 5) is 4.11. The van der Waals surface area contributed by atoms with Crippen molar-refractivity contribution in [2.75, 3.05) is 0 Å². The largest absolute Gasteiger partial charge is 0.506 e. The van der Waals surface area contributed by atoms with E-state index in [4.69, 9.17) is 0 Å². The maximum absolute atomic E-state index is 9.54. The molecule has 1 N–H and O–H groups in total. The van der Waals surface area contributed by atoms with Crippen LogP contribution in [0.4, 0.5) is 0 Å². The van der Waals surface area contributed by atoms with Gasteiger partial charge >= 0.3 is 0 Å². The van der Waals surface area contributed by atoms with Crippen molar-refractivity contribution in [3.63, 3.8) is 0 Å². The molecule has 0 bridgehead atoms. The van der Waals surface area contributed by atoms with Crippen LogP contribution in [0.1, 0.15) is 20.3 Å². The van der Waals surface area contributed by atoms with E-state index in [1.165, 1.54) is 6.20 Å². The Morgan fingerprint density at radius 2 is 2.36 bits per heavy atom. The van der Waals surface area contributed by atoms with Crippen molar-refractivity contribution in [2.45, 2.75) is 20.3 Å². The Labute approximate surface area is 84.4 Å². The Hall–Kier alpha value is -1.31. The Morgan fingerprint density at radius 3 is 3.07 bits per heavy atom. The normalized spacial score (nSPS) is 26.4. The summed E-state index contributed by atoms with van der Waals surface area (Å²) in [5.74, 6) is 1.36. The molecule has 14 heavy (non-hydrogen) atoms. The van der Waals surface area contributed by atoms with E-state index in [9.17, 15) is 5.11 Å². The summed E-state index contributed by atoms with van der Waals surface area (Å²) < 4.78 is 0. The number of aliphatic hydroxyl groups excluding tert-OH is 1. The third-order valence-electron chi connectivity index (χ3n) is 3.01. The van der Waals surface area contributed by atoms with Gasteiger partial charge in [-0.05, 0) is 17.9 Å². The van der Waals surface area contributed by atoms with Gasteiger partial charge in [-0.2, -0.15) is 0 Å². The fourth-order valence-electron chi connectivity index (χ4n) is 1.78. The van der Waals surface area contributed by atoms with Crippen molar-refractivity contribution in [2.24, 2.45) is 16.8 Å². The molecule has 0 aromatic carbocycles. The van der Waals surface area contributed by atoms with Gasteiger partial charge in [0.15, 0.2) is 0 Å². The van der Waals surface area contributed by atoms with Crippen molar-refractivity contribution in [3.05, 3.63) is 35.8 Å². The molecule has 0 saturated carbocycles. The van der Waals surface area contributed by atoms with Gasteiger partial charge in [-0.1, -0.05) is 32.4 Å². The van der Waals surface area contributed by atoms with E-state index in [0.29, 0.717) is 17.6 Å². The fourth-order valence-corrected chi connectivity index (χ4v) is 1.78. The average molecular weight is 189 g/mol. The molecule has 0 aromatic heterocycles. The lowest BCUT2D eigenvalue weighted by molar-refractivity contribution is 0.424. The van der Waals surface area contributed by atoms with Crippen LogP contribution in [0.5, 0.6) is 0 Å². The average Bonchev–Trinajstić information content (AvgIpc) is 2.59. The summed E-state index contributed by atoms with van der Waals surface area (Å²) in [5.41, 5.74) is 1.79. The predicted octanol–water partition coefficient (Wildman–Crippen LogP) is 3.00. The molecule has 2 heteroatoms. The minimum atomic E-state index is 0.303. The molecule has 2 atom stereocenters. The van der Waals surface area contributed by atoms with Crippen molar-refractivity contribution < 1.29 is 5.11 Å². The first kappa shape index (κ1) is 9.25. The molecule has 1 heterocycles. The molecule has 2 rings (SSSR count). The summed E-state index contributed by atoms with van der Waals surface area (Å²) in [6, 6.07) is 0. The summed E-state index contributed by atoms with van der Waals surface area (Å²) in [6.45, 7) is 4.41. The van der Waals surface area contributed by atoms with E-state index in [0.717, 1.165) is 17.7 Å². The lowest BCUT2D eigenvalue weighted by Crippen LogP contribution is -2.13. The SMILES string of the molecule is CCC(C)C1C=CC2=NC=C(O)C2=C1. The van der Waals surface area contributed by atoms with Crippen LogP contribution in [0.25, 0.3) is 0 Å². The van der Waals surface area contributed by atoms with Crippen LogP contribution in [0, 0.1) is 11.8 Å². The van der Waals surface area contributed by atoms with Gasteiger partial charge in [-0.3, -0.25) is 4.99 Å². The zero-order valence-corrected chi connectivity index (χ0v) is 8.57. The van der Waals surface area contributed by atoms with Gasteiger partial charge in [0.25, 0.3) is 0 Å². The molecule has 0 radical (unpaired) electrons. The van der Waals surface area contributed by atoms with E-state index < -0.39 is 0 Å². The highest BCUT2D eigenvalue weighted by atomic mass is 16.3. The number of rotatable bonds is 2. The Bertz CT molecular complexity index is 361. The number of aliphatic hydroxyl groups is 1. The second-order valence-corrected chi connectivity index (χ2v) is 3.93.